The van der Waals surface area contributed by atoms with Crippen molar-refractivity contribution in [3.05, 3.63) is 40.3 Å². The number of carbonyl (C=O) groups excluding carboxylic acids is 1. The zero-order valence-corrected chi connectivity index (χ0v) is 13.6. The minimum Gasteiger partial charge on any atom is -0.442 e. The molecule has 0 bridgehead atoms. The number of carbonyl (C=O) groups is 1. The number of nitrogens with zero attached hydrogens (tertiary/aromatic N) is 1. The Morgan fingerprint density at radius 1 is 1.50 bits per heavy atom. The van der Waals surface area contributed by atoms with Gasteiger partial charge in [-0.2, -0.15) is 5.26 Å². The van der Waals surface area contributed by atoms with Crippen LogP contribution in [0, 0.1) is 31.0 Å². The van der Waals surface area contributed by atoms with Crippen LogP contribution in [0.25, 0.3) is 16.5 Å². The fourth-order valence-corrected chi connectivity index (χ4v) is 3.36. The van der Waals surface area contributed by atoms with E-state index in [1.807, 2.05) is 19.9 Å². The SMILES string of the molecule is Cc1[nH]c2c(C#N)cc(F)c(C3=CC(OC(N)=O)CCC3)c2c1C. The van der Waals surface area contributed by atoms with Gasteiger partial charge in [-0.3, -0.25) is 0 Å². The molecule has 1 aromatic carbocycles. The van der Waals surface area contributed by atoms with Gasteiger partial charge in [-0.05, 0) is 56.4 Å². The van der Waals surface area contributed by atoms with Crippen molar-refractivity contribution in [2.45, 2.75) is 39.2 Å². The van der Waals surface area contributed by atoms with Gasteiger partial charge in [0.1, 0.15) is 18.0 Å². The lowest BCUT2D eigenvalue weighted by Crippen LogP contribution is -2.23. The highest BCUT2D eigenvalue weighted by molar-refractivity contribution is 5.98. The number of hydrogen-bond acceptors (Lipinski definition) is 3. The number of nitriles is 1. The van der Waals surface area contributed by atoms with Gasteiger partial charge < -0.3 is 15.5 Å². The van der Waals surface area contributed by atoms with Crippen LogP contribution in [0.4, 0.5) is 9.18 Å². The van der Waals surface area contributed by atoms with Crippen LogP contribution in [-0.2, 0) is 4.74 Å². The van der Waals surface area contributed by atoms with Gasteiger partial charge in [-0.1, -0.05) is 0 Å². The first-order valence-electron chi connectivity index (χ1n) is 7.81. The number of benzene rings is 1. The second-order valence-electron chi connectivity index (χ2n) is 6.08. The van der Waals surface area contributed by atoms with Crippen LogP contribution in [0.15, 0.2) is 12.1 Å². The van der Waals surface area contributed by atoms with Crippen LogP contribution in [0.5, 0.6) is 0 Å². The van der Waals surface area contributed by atoms with E-state index in [1.165, 1.54) is 6.07 Å². The number of nitrogens with two attached hydrogens (primary N) is 1. The Kier molecular flexibility index (Phi) is 4.02. The monoisotopic (exact) mass is 327 g/mol. The molecule has 6 heteroatoms. The molecule has 0 radical (unpaired) electrons. The fraction of sp³-hybridized carbons (Fsp3) is 0.333. The number of fused-ring (bicyclic) bond motifs is 1. The number of aryl methyl sites for hydroxylation is 2. The number of ether oxygens (including phenoxy) is 1. The molecule has 0 fully saturated rings. The summed E-state index contributed by atoms with van der Waals surface area (Å²) < 4.78 is 19.8. The molecule has 1 unspecified atom stereocenters. The smallest absolute Gasteiger partial charge is 0.405 e. The third-order valence-electron chi connectivity index (χ3n) is 4.56. The van der Waals surface area contributed by atoms with Crippen LogP contribution < -0.4 is 5.73 Å². The largest absolute Gasteiger partial charge is 0.442 e. The lowest BCUT2D eigenvalue weighted by atomic mass is 9.88. The van der Waals surface area contributed by atoms with Crippen molar-refractivity contribution < 1.29 is 13.9 Å². The van der Waals surface area contributed by atoms with Crippen LogP contribution in [-0.4, -0.2) is 17.2 Å². The van der Waals surface area contributed by atoms with Crippen LogP contribution in [0.2, 0.25) is 0 Å². The fourth-order valence-electron chi connectivity index (χ4n) is 3.36. The van der Waals surface area contributed by atoms with Gasteiger partial charge in [-0.15, -0.1) is 0 Å². The molecule has 1 heterocycles. The van der Waals surface area contributed by atoms with E-state index < -0.39 is 18.0 Å². The Bertz CT molecular complexity index is 905. The number of aromatic amines is 1. The summed E-state index contributed by atoms with van der Waals surface area (Å²) in [6.45, 7) is 3.80. The molecule has 1 aromatic heterocycles. The highest BCUT2D eigenvalue weighted by Crippen LogP contribution is 2.38. The van der Waals surface area contributed by atoms with Gasteiger partial charge in [0, 0.05) is 16.6 Å². The summed E-state index contributed by atoms with van der Waals surface area (Å²) in [6.07, 6.45) is 2.60. The van der Waals surface area contributed by atoms with E-state index in [1.54, 1.807) is 6.08 Å². The van der Waals surface area contributed by atoms with Crippen molar-refractivity contribution >= 4 is 22.6 Å². The maximum atomic E-state index is 14.8. The molecule has 1 atom stereocenters. The Morgan fingerprint density at radius 2 is 2.25 bits per heavy atom. The average molecular weight is 327 g/mol. The van der Waals surface area contributed by atoms with Gasteiger partial charge >= 0.3 is 6.09 Å². The standard InChI is InChI=1S/C18H18FN3O2/c1-9-10(2)22-17-12(8-20)7-14(19)16(15(9)17)11-4-3-5-13(6-11)24-18(21)23/h6-7,13,22H,3-5H2,1-2H3,(H2,21,23). The third kappa shape index (κ3) is 2.62. The summed E-state index contributed by atoms with van der Waals surface area (Å²) in [5.41, 5.74) is 9.07. The molecule has 0 saturated heterocycles. The Balaban J connectivity index is 2.23. The molecule has 2 aromatic rings. The molecule has 1 aliphatic carbocycles. The van der Waals surface area contributed by atoms with E-state index in [2.05, 4.69) is 4.98 Å². The van der Waals surface area contributed by atoms with Gasteiger partial charge in [0.05, 0.1) is 11.1 Å². The predicted molar refractivity (Wildman–Crippen MR) is 88.7 cm³/mol. The lowest BCUT2D eigenvalue weighted by Gasteiger charge is -2.22. The molecule has 3 N–H and O–H groups in total. The van der Waals surface area contributed by atoms with Gasteiger partial charge in [-0.25, -0.2) is 9.18 Å². The Labute approximate surface area is 138 Å². The normalized spacial score (nSPS) is 17.4. The lowest BCUT2D eigenvalue weighted by molar-refractivity contribution is 0.122. The van der Waals surface area contributed by atoms with Crippen LogP contribution in [0.1, 0.15) is 41.6 Å². The quantitative estimate of drug-likeness (QED) is 0.878. The Morgan fingerprint density at radius 3 is 2.92 bits per heavy atom. The number of hydrogen-bond donors (Lipinski definition) is 2. The predicted octanol–water partition coefficient (Wildman–Crippen LogP) is 3.83. The highest BCUT2D eigenvalue weighted by Gasteiger charge is 2.24. The number of primary amides is 1. The van der Waals surface area contributed by atoms with Crippen molar-refractivity contribution in [1.29, 1.82) is 5.26 Å². The molecule has 0 aliphatic heterocycles. The maximum absolute atomic E-state index is 14.8. The highest BCUT2D eigenvalue weighted by atomic mass is 19.1. The summed E-state index contributed by atoms with van der Waals surface area (Å²) in [7, 11) is 0. The number of rotatable bonds is 2. The first kappa shape index (κ1) is 16.1. The zero-order valence-electron chi connectivity index (χ0n) is 13.6. The summed E-state index contributed by atoms with van der Waals surface area (Å²) in [5.74, 6) is -0.438. The molecular weight excluding hydrogens is 309 g/mol. The summed E-state index contributed by atoms with van der Waals surface area (Å²) >= 11 is 0. The second kappa shape index (κ2) is 6.00. The van der Waals surface area contributed by atoms with Crippen molar-refractivity contribution in [2.75, 3.05) is 0 Å². The van der Waals surface area contributed by atoms with Crippen molar-refractivity contribution in [2.24, 2.45) is 5.73 Å². The van der Waals surface area contributed by atoms with E-state index in [0.29, 0.717) is 23.9 Å². The summed E-state index contributed by atoms with van der Waals surface area (Å²) in [5, 5.41) is 10.00. The molecule has 1 amide bonds. The Hall–Kier alpha value is -2.81. The topological polar surface area (TPSA) is 91.9 Å². The second-order valence-corrected chi connectivity index (χ2v) is 6.08. The third-order valence-corrected chi connectivity index (χ3v) is 4.56. The number of halogens is 1. The van der Waals surface area contributed by atoms with Crippen molar-refractivity contribution in [3.63, 3.8) is 0 Å². The first-order chi connectivity index (χ1) is 11.4. The summed E-state index contributed by atoms with van der Waals surface area (Å²) in [4.78, 5) is 14.2. The van der Waals surface area contributed by atoms with Gasteiger partial charge in [0.15, 0.2) is 0 Å². The van der Waals surface area contributed by atoms with Gasteiger partial charge in [0.2, 0.25) is 0 Å². The molecule has 24 heavy (non-hydrogen) atoms. The van der Waals surface area contributed by atoms with E-state index >= 15 is 0 Å². The molecular formula is C18H18FN3O2. The number of amides is 1. The van der Waals surface area contributed by atoms with E-state index in [0.717, 1.165) is 28.6 Å². The summed E-state index contributed by atoms with van der Waals surface area (Å²) in [6, 6.07) is 3.30. The first-order valence-corrected chi connectivity index (χ1v) is 7.81. The molecule has 0 spiro atoms. The zero-order chi connectivity index (χ0) is 17.4. The van der Waals surface area contributed by atoms with Crippen LogP contribution >= 0.6 is 0 Å². The molecule has 5 nitrogen and oxygen atoms in total. The molecule has 124 valence electrons. The average Bonchev–Trinajstić information content (AvgIpc) is 2.82. The van der Waals surface area contributed by atoms with Gasteiger partial charge in [0.25, 0.3) is 0 Å². The minimum atomic E-state index is -0.836. The number of aromatic nitrogens is 1. The van der Waals surface area contributed by atoms with E-state index in [-0.39, 0.29) is 5.56 Å². The maximum Gasteiger partial charge on any atom is 0.405 e. The van der Waals surface area contributed by atoms with Crippen molar-refractivity contribution in [3.8, 4) is 6.07 Å². The molecule has 3 rings (SSSR count). The minimum absolute atomic E-state index is 0.281. The van der Waals surface area contributed by atoms with Crippen LogP contribution in [0.3, 0.4) is 0 Å². The number of nitrogens with one attached hydrogen (secondary N) is 1. The van der Waals surface area contributed by atoms with Crippen molar-refractivity contribution in [1.82, 2.24) is 4.98 Å². The molecule has 0 saturated carbocycles. The number of H-pyrrole nitrogens is 1. The number of allylic oxidation sites excluding steroid dienone is 1. The van der Waals surface area contributed by atoms with E-state index in [4.69, 9.17) is 10.5 Å². The van der Waals surface area contributed by atoms with E-state index in [9.17, 15) is 14.4 Å². The molecule has 1 aliphatic rings.